The molecule has 1 aromatic carbocycles. The van der Waals surface area contributed by atoms with Gasteiger partial charge in [0.05, 0.1) is 6.54 Å². The molecule has 0 unspecified atom stereocenters. The molecule has 8 heteroatoms. The molecule has 0 bridgehead atoms. The maximum absolute atomic E-state index is 12.8. The third kappa shape index (κ3) is 5.87. The molecule has 1 aromatic heterocycles. The minimum Gasteiger partial charge on any atom is -0.451 e. The number of ether oxygens (including phenoxy) is 1. The molecule has 0 fully saturated rings. The van der Waals surface area contributed by atoms with E-state index >= 15 is 0 Å². The highest BCUT2D eigenvalue weighted by Crippen LogP contribution is 2.33. The summed E-state index contributed by atoms with van der Waals surface area (Å²) in [4.78, 5) is 37.6. The molecule has 0 radical (unpaired) electrons. The van der Waals surface area contributed by atoms with Gasteiger partial charge in [-0.25, -0.2) is 9.18 Å². The normalized spacial score (nSPS) is 15.3. The van der Waals surface area contributed by atoms with E-state index in [0.717, 1.165) is 25.7 Å². The summed E-state index contributed by atoms with van der Waals surface area (Å²) in [5.41, 5.74) is 1.63. The highest BCUT2D eigenvalue weighted by atomic mass is 32.1. The summed E-state index contributed by atoms with van der Waals surface area (Å²) >= 11 is 1.43. The molecule has 1 heterocycles. The Hall–Kier alpha value is -2.74. The average molecular weight is 418 g/mol. The van der Waals surface area contributed by atoms with Crippen molar-refractivity contribution in [2.45, 2.75) is 32.6 Å². The number of rotatable bonds is 7. The van der Waals surface area contributed by atoms with E-state index in [0.29, 0.717) is 16.5 Å². The molecule has 1 aliphatic rings. The molecule has 0 saturated heterocycles. The van der Waals surface area contributed by atoms with Crippen molar-refractivity contribution in [1.82, 2.24) is 5.32 Å². The first-order chi connectivity index (χ1) is 13.9. The molecule has 0 aliphatic heterocycles. The van der Waals surface area contributed by atoms with Crippen LogP contribution in [0, 0.1) is 11.7 Å². The monoisotopic (exact) mass is 418 g/mol. The number of amides is 2. The lowest BCUT2D eigenvalue weighted by Crippen LogP contribution is -2.35. The molecule has 154 valence electrons. The van der Waals surface area contributed by atoms with E-state index in [2.05, 4.69) is 17.6 Å². The Morgan fingerprint density at radius 1 is 1.21 bits per heavy atom. The fourth-order valence-electron chi connectivity index (χ4n) is 3.22. The van der Waals surface area contributed by atoms with Crippen LogP contribution in [0.5, 0.6) is 0 Å². The van der Waals surface area contributed by atoms with Gasteiger partial charge in [0, 0.05) is 10.6 Å². The van der Waals surface area contributed by atoms with Crippen molar-refractivity contribution in [2.75, 3.05) is 18.5 Å². The number of benzene rings is 1. The standard InChI is InChI=1S/C21H23FN2O4S/c1-2-13-3-8-17-14(9-13)10-18(29-17)21(27)28-12-20(26)23-11-19(25)24-16-6-4-15(22)5-7-16/h4-7,10,13H,2-3,8-9,11-12H2,1H3,(H,23,26)(H,24,25)/t13-/m0/s1. The predicted octanol–water partition coefficient (Wildman–Crippen LogP) is 3.31. The van der Waals surface area contributed by atoms with Crippen LogP contribution < -0.4 is 10.6 Å². The van der Waals surface area contributed by atoms with Crippen molar-refractivity contribution >= 4 is 34.8 Å². The van der Waals surface area contributed by atoms with Gasteiger partial charge in [0.15, 0.2) is 6.61 Å². The topological polar surface area (TPSA) is 84.5 Å². The largest absolute Gasteiger partial charge is 0.451 e. The van der Waals surface area contributed by atoms with E-state index < -0.39 is 30.2 Å². The summed E-state index contributed by atoms with van der Waals surface area (Å²) in [5.74, 6) is -1.31. The van der Waals surface area contributed by atoms with Crippen LogP contribution in [0.2, 0.25) is 0 Å². The molecular weight excluding hydrogens is 395 g/mol. The number of anilines is 1. The first-order valence-electron chi connectivity index (χ1n) is 9.55. The lowest BCUT2D eigenvalue weighted by molar-refractivity contribution is -0.126. The zero-order valence-electron chi connectivity index (χ0n) is 16.1. The van der Waals surface area contributed by atoms with Crippen LogP contribution in [0.15, 0.2) is 30.3 Å². The maximum Gasteiger partial charge on any atom is 0.348 e. The van der Waals surface area contributed by atoms with Crippen molar-refractivity contribution in [3.05, 3.63) is 51.5 Å². The lowest BCUT2D eigenvalue weighted by atomic mass is 9.87. The Morgan fingerprint density at radius 2 is 1.97 bits per heavy atom. The zero-order valence-corrected chi connectivity index (χ0v) is 16.9. The molecule has 2 N–H and O–H groups in total. The van der Waals surface area contributed by atoms with Gasteiger partial charge in [-0.15, -0.1) is 11.3 Å². The lowest BCUT2D eigenvalue weighted by Gasteiger charge is -2.19. The van der Waals surface area contributed by atoms with Gasteiger partial charge in [0.2, 0.25) is 5.91 Å². The third-order valence-corrected chi connectivity index (χ3v) is 6.09. The van der Waals surface area contributed by atoms with E-state index in [9.17, 15) is 18.8 Å². The molecule has 29 heavy (non-hydrogen) atoms. The third-order valence-electron chi connectivity index (χ3n) is 4.87. The van der Waals surface area contributed by atoms with Crippen molar-refractivity contribution in [3.63, 3.8) is 0 Å². The number of thiophene rings is 1. The second-order valence-electron chi connectivity index (χ2n) is 6.98. The minimum atomic E-state index is -0.569. The maximum atomic E-state index is 12.8. The number of hydrogen-bond acceptors (Lipinski definition) is 5. The van der Waals surface area contributed by atoms with Crippen molar-refractivity contribution in [1.29, 1.82) is 0 Å². The molecule has 0 spiro atoms. The minimum absolute atomic E-state index is 0.278. The highest BCUT2D eigenvalue weighted by Gasteiger charge is 2.23. The second kappa shape index (κ2) is 9.65. The molecule has 2 aromatic rings. The fraction of sp³-hybridized carbons (Fsp3) is 0.381. The molecular formula is C21H23FN2O4S. The van der Waals surface area contributed by atoms with Crippen LogP contribution in [0.1, 0.15) is 39.9 Å². The van der Waals surface area contributed by atoms with E-state index in [1.807, 2.05) is 6.07 Å². The summed E-state index contributed by atoms with van der Waals surface area (Å²) in [6, 6.07) is 7.15. The van der Waals surface area contributed by atoms with Crippen LogP contribution in [-0.2, 0) is 27.2 Å². The highest BCUT2D eigenvalue weighted by molar-refractivity contribution is 7.14. The number of esters is 1. The van der Waals surface area contributed by atoms with E-state index in [-0.39, 0.29) is 6.54 Å². The van der Waals surface area contributed by atoms with Crippen LogP contribution >= 0.6 is 11.3 Å². The van der Waals surface area contributed by atoms with E-state index in [1.165, 1.54) is 46.0 Å². The van der Waals surface area contributed by atoms with Crippen molar-refractivity contribution < 1.29 is 23.5 Å². The van der Waals surface area contributed by atoms with Gasteiger partial charge in [-0.1, -0.05) is 13.3 Å². The first kappa shape index (κ1) is 21.0. The predicted molar refractivity (Wildman–Crippen MR) is 108 cm³/mol. The quantitative estimate of drug-likeness (QED) is 0.676. The number of nitrogens with one attached hydrogen (secondary N) is 2. The van der Waals surface area contributed by atoms with Crippen LogP contribution in [0.4, 0.5) is 10.1 Å². The van der Waals surface area contributed by atoms with Crippen molar-refractivity contribution in [3.8, 4) is 0 Å². The number of carbonyl (C=O) groups excluding carboxylic acids is 3. The molecule has 1 atom stereocenters. The van der Waals surface area contributed by atoms with Gasteiger partial charge >= 0.3 is 5.97 Å². The summed E-state index contributed by atoms with van der Waals surface area (Å²) in [5, 5.41) is 4.91. The Balaban J connectivity index is 1.41. The van der Waals surface area contributed by atoms with Gasteiger partial charge in [-0.05, 0) is 61.1 Å². The Morgan fingerprint density at radius 3 is 2.69 bits per heavy atom. The zero-order chi connectivity index (χ0) is 20.8. The number of carbonyl (C=O) groups is 3. The van der Waals surface area contributed by atoms with E-state index in [1.54, 1.807) is 0 Å². The van der Waals surface area contributed by atoms with Crippen molar-refractivity contribution in [2.24, 2.45) is 5.92 Å². The fourth-order valence-corrected chi connectivity index (χ4v) is 4.32. The summed E-state index contributed by atoms with van der Waals surface area (Å²) < 4.78 is 17.9. The smallest absolute Gasteiger partial charge is 0.348 e. The first-order valence-corrected chi connectivity index (χ1v) is 10.4. The van der Waals surface area contributed by atoms with Crippen LogP contribution in [-0.4, -0.2) is 30.9 Å². The molecule has 0 saturated carbocycles. The molecule has 6 nitrogen and oxygen atoms in total. The average Bonchev–Trinajstić information content (AvgIpc) is 3.15. The Kier molecular flexibility index (Phi) is 6.98. The van der Waals surface area contributed by atoms with Gasteiger partial charge in [-0.3, -0.25) is 9.59 Å². The summed E-state index contributed by atoms with van der Waals surface area (Å²) in [6.45, 7) is 1.44. The number of hydrogen-bond donors (Lipinski definition) is 2. The number of fused-ring (bicyclic) bond motifs is 1. The molecule has 1 aliphatic carbocycles. The Bertz CT molecular complexity index is 895. The Labute approximate surface area is 172 Å². The number of aryl methyl sites for hydroxylation is 1. The van der Waals surface area contributed by atoms with Gasteiger partial charge in [0.25, 0.3) is 5.91 Å². The second-order valence-corrected chi connectivity index (χ2v) is 8.12. The summed E-state index contributed by atoms with van der Waals surface area (Å²) in [7, 11) is 0. The summed E-state index contributed by atoms with van der Waals surface area (Å²) in [6.07, 6.45) is 4.24. The van der Waals surface area contributed by atoms with Crippen LogP contribution in [0.25, 0.3) is 0 Å². The van der Waals surface area contributed by atoms with Gasteiger partial charge in [-0.2, -0.15) is 0 Å². The van der Waals surface area contributed by atoms with Crippen LogP contribution in [0.3, 0.4) is 0 Å². The SMILES string of the molecule is CC[C@H]1CCc2sc(C(=O)OCC(=O)NCC(=O)Nc3ccc(F)cc3)cc2C1. The van der Waals surface area contributed by atoms with Gasteiger partial charge < -0.3 is 15.4 Å². The molecule has 3 rings (SSSR count). The number of halogens is 1. The van der Waals surface area contributed by atoms with Gasteiger partial charge in [0.1, 0.15) is 10.7 Å². The molecule has 2 amide bonds. The van der Waals surface area contributed by atoms with E-state index in [4.69, 9.17) is 4.74 Å².